The van der Waals surface area contributed by atoms with Gasteiger partial charge in [-0.1, -0.05) is 49.4 Å². The SMILES string of the molecule is CC1CCN(S(=O)(=O)c2cccc(CNC(=O)c3cc4cc(O)ccc4cc3O)c2)CC1.O=C(NCCc1ccc(NS(=O)(=O)c2cccc(C(F)(F)F)c2)cc1)c1cc2cc(O)ccc2cc1O. The number of nitrogens with zero attached hydrogens (tertiary/aromatic N) is 1. The summed E-state index contributed by atoms with van der Waals surface area (Å²) in [5, 5.41) is 47.7. The molecule has 1 aliphatic heterocycles. The summed E-state index contributed by atoms with van der Waals surface area (Å²) in [7, 11) is -7.81. The zero-order chi connectivity index (χ0) is 49.7. The number of phenolic OH excluding ortho intramolecular Hbond substituents is 4. The summed E-state index contributed by atoms with van der Waals surface area (Å²) in [5.74, 6) is -0.747. The molecule has 0 bridgehead atoms. The molecule has 0 aliphatic carbocycles. The maximum atomic E-state index is 13.0. The lowest BCUT2D eigenvalue weighted by Gasteiger charge is -2.29. The van der Waals surface area contributed by atoms with Crippen LogP contribution in [0.1, 0.15) is 57.2 Å². The second kappa shape index (κ2) is 20.5. The lowest BCUT2D eigenvalue weighted by molar-refractivity contribution is -0.137. The first-order valence-corrected chi connectivity index (χ1v) is 24.4. The molecule has 1 aliphatic rings. The van der Waals surface area contributed by atoms with E-state index in [4.69, 9.17) is 0 Å². The number of halogens is 3. The van der Waals surface area contributed by atoms with Gasteiger partial charge in [-0.25, -0.2) is 16.8 Å². The summed E-state index contributed by atoms with van der Waals surface area (Å²) in [4.78, 5) is 24.9. The first-order chi connectivity index (χ1) is 32.7. The van der Waals surface area contributed by atoms with Crippen LogP contribution < -0.4 is 15.4 Å². The van der Waals surface area contributed by atoms with E-state index in [9.17, 15) is 60.0 Å². The maximum Gasteiger partial charge on any atom is 0.416 e. The number of hydrogen-bond acceptors (Lipinski definition) is 10. The highest BCUT2D eigenvalue weighted by Gasteiger charge is 2.32. The van der Waals surface area contributed by atoms with E-state index in [0.29, 0.717) is 58.6 Å². The van der Waals surface area contributed by atoms with E-state index in [-0.39, 0.29) is 57.8 Å². The summed E-state index contributed by atoms with van der Waals surface area (Å²) >= 11 is 0. The monoisotopic (exact) mass is 984 g/mol. The Morgan fingerprint density at radius 1 is 0.623 bits per heavy atom. The van der Waals surface area contributed by atoms with Crippen molar-refractivity contribution in [1.29, 1.82) is 0 Å². The number of fused-ring (bicyclic) bond motifs is 2. The lowest BCUT2D eigenvalue weighted by atomic mass is 10.0. The van der Waals surface area contributed by atoms with Crippen LogP contribution in [-0.2, 0) is 39.2 Å². The summed E-state index contributed by atoms with van der Waals surface area (Å²) in [5.41, 5.74) is 0.627. The minimum atomic E-state index is -4.67. The van der Waals surface area contributed by atoms with Crippen molar-refractivity contribution in [3.05, 3.63) is 161 Å². The smallest absolute Gasteiger partial charge is 0.416 e. The first kappa shape index (κ1) is 49.6. The number of hydrogen-bond donors (Lipinski definition) is 7. The number of rotatable bonds is 12. The zero-order valence-electron chi connectivity index (χ0n) is 36.9. The zero-order valence-corrected chi connectivity index (χ0v) is 38.5. The van der Waals surface area contributed by atoms with E-state index < -0.39 is 48.5 Å². The topological polar surface area (TPSA) is 223 Å². The molecule has 0 atom stereocenters. The second-order valence-corrected chi connectivity index (χ2v) is 20.2. The van der Waals surface area contributed by atoms with Crippen molar-refractivity contribution in [3.8, 4) is 23.0 Å². The molecule has 69 heavy (non-hydrogen) atoms. The number of carbonyl (C=O) groups excluding carboxylic acids is 2. The number of alkyl halides is 3. The molecule has 1 heterocycles. The van der Waals surface area contributed by atoms with Crippen LogP contribution in [-0.4, -0.2) is 73.0 Å². The van der Waals surface area contributed by atoms with Crippen LogP contribution in [0.5, 0.6) is 23.0 Å². The highest BCUT2D eigenvalue weighted by molar-refractivity contribution is 7.92. The van der Waals surface area contributed by atoms with E-state index in [1.165, 1.54) is 65.0 Å². The summed E-state index contributed by atoms with van der Waals surface area (Å²) in [6, 6.07) is 31.3. The Morgan fingerprint density at radius 2 is 1.17 bits per heavy atom. The number of benzene rings is 7. The molecule has 0 unspecified atom stereocenters. The van der Waals surface area contributed by atoms with Crippen molar-refractivity contribution in [3.63, 3.8) is 0 Å². The number of anilines is 1. The fourth-order valence-corrected chi connectivity index (χ4v) is 10.2. The molecule has 7 aromatic carbocycles. The Labute approximate surface area is 395 Å². The van der Waals surface area contributed by atoms with Crippen LogP contribution in [0.15, 0.2) is 143 Å². The highest BCUT2D eigenvalue weighted by atomic mass is 32.2. The number of sulfonamides is 2. The van der Waals surface area contributed by atoms with Gasteiger partial charge in [-0.15, -0.1) is 0 Å². The molecule has 1 fully saturated rings. The highest BCUT2D eigenvalue weighted by Crippen LogP contribution is 2.32. The molecule has 0 spiro atoms. The number of aromatic hydroxyl groups is 4. The van der Waals surface area contributed by atoms with Crippen LogP contribution in [0.2, 0.25) is 0 Å². The fraction of sp³-hybridized carbons (Fsp3) is 0.200. The molecule has 360 valence electrons. The molecular formula is C50H47F3N4O10S2. The molecule has 0 aromatic heterocycles. The van der Waals surface area contributed by atoms with Gasteiger partial charge < -0.3 is 31.1 Å². The third-order valence-electron chi connectivity index (χ3n) is 11.5. The van der Waals surface area contributed by atoms with Crippen LogP contribution in [0.3, 0.4) is 0 Å². The van der Waals surface area contributed by atoms with Crippen LogP contribution in [0, 0.1) is 5.92 Å². The van der Waals surface area contributed by atoms with Crippen molar-refractivity contribution in [2.24, 2.45) is 5.92 Å². The van der Waals surface area contributed by atoms with E-state index in [1.807, 2.05) is 0 Å². The molecule has 1 saturated heterocycles. The normalized spacial score (nSPS) is 13.6. The Morgan fingerprint density at radius 3 is 1.75 bits per heavy atom. The van der Waals surface area contributed by atoms with Crippen molar-refractivity contribution in [2.75, 3.05) is 24.4 Å². The quantitative estimate of drug-likeness (QED) is 0.0617. The van der Waals surface area contributed by atoms with Gasteiger partial charge in [0.05, 0.1) is 26.5 Å². The standard InChI is InChI=1S/C26H21F3N2O5S.C24H26N2O5S/c27-26(28,29)19-2-1-3-22(15-19)37(35,36)31-20-7-4-16(5-8-20)10-11-30-25(34)23-13-18-12-21(32)9-6-17(18)14-24(23)33;1-16-7-9-26(10-8-16)32(30,31)21-4-2-3-17(11-21)15-25-24(29)22-13-19-12-20(27)6-5-18(19)14-23(22)28/h1-9,12-15,31-33H,10-11H2,(H,30,34);2-6,11-14,16,27-28H,7-10,15H2,1H3,(H,25,29). The summed E-state index contributed by atoms with van der Waals surface area (Å²) in [6.07, 6.45) is -2.58. The lowest BCUT2D eigenvalue weighted by Crippen LogP contribution is -2.37. The first-order valence-electron chi connectivity index (χ1n) is 21.5. The molecule has 0 saturated carbocycles. The Hall–Kier alpha value is -7.35. The van der Waals surface area contributed by atoms with E-state index in [2.05, 4.69) is 22.3 Å². The second-order valence-electron chi connectivity index (χ2n) is 16.6. The average Bonchev–Trinajstić information content (AvgIpc) is 3.31. The summed E-state index contributed by atoms with van der Waals surface area (Å²) < 4.78 is 93.5. The average molecular weight is 985 g/mol. The largest absolute Gasteiger partial charge is 0.508 e. The number of carbonyl (C=O) groups is 2. The molecule has 19 heteroatoms. The van der Waals surface area contributed by atoms with Gasteiger partial charge in [0, 0.05) is 31.9 Å². The Kier molecular flexibility index (Phi) is 14.7. The van der Waals surface area contributed by atoms with Crippen LogP contribution in [0.25, 0.3) is 21.5 Å². The molecule has 7 aromatic rings. The molecule has 7 N–H and O–H groups in total. The number of piperidine rings is 1. The van der Waals surface area contributed by atoms with Gasteiger partial charge in [0.25, 0.3) is 21.8 Å². The van der Waals surface area contributed by atoms with E-state index in [0.717, 1.165) is 36.6 Å². The van der Waals surface area contributed by atoms with Crippen molar-refractivity contribution < 1.29 is 60.0 Å². The van der Waals surface area contributed by atoms with Crippen molar-refractivity contribution in [2.45, 2.75) is 48.7 Å². The minimum Gasteiger partial charge on any atom is -0.508 e. The fourth-order valence-electron chi connectivity index (χ4n) is 7.59. The van der Waals surface area contributed by atoms with Gasteiger partial charge in [0.2, 0.25) is 10.0 Å². The predicted octanol–water partition coefficient (Wildman–Crippen LogP) is 8.64. The van der Waals surface area contributed by atoms with Crippen molar-refractivity contribution >= 4 is 59.1 Å². The molecule has 2 amide bonds. The molecule has 14 nitrogen and oxygen atoms in total. The third kappa shape index (κ3) is 12.2. The minimum absolute atomic E-state index is 0.0325. The van der Waals surface area contributed by atoms with Gasteiger partial charge in [0.15, 0.2) is 0 Å². The van der Waals surface area contributed by atoms with Gasteiger partial charge >= 0.3 is 6.18 Å². The van der Waals surface area contributed by atoms with E-state index in [1.54, 1.807) is 48.5 Å². The van der Waals surface area contributed by atoms with Gasteiger partial charge in [-0.05, 0) is 149 Å². The Balaban J connectivity index is 0.000000206. The van der Waals surface area contributed by atoms with Crippen LogP contribution >= 0.6 is 0 Å². The van der Waals surface area contributed by atoms with Crippen LogP contribution in [0.4, 0.5) is 18.9 Å². The Bertz CT molecular complexity index is 3270. The van der Waals surface area contributed by atoms with Crippen molar-refractivity contribution in [1.82, 2.24) is 14.9 Å². The predicted molar refractivity (Wildman–Crippen MR) is 254 cm³/mol. The summed E-state index contributed by atoms with van der Waals surface area (Å²) in [6.45, 7) is 3.48. The molecule has 8 rings (SSSR count). The third-order valence-corrected chi connectivity index (χ3v) is 14.7. The molecular weight excluding hydrogens is 938 g/mol. The van der Waals surface area contributed by atoms with Gasteiger partial charge in [0.1, 0.15) is 23.0 Å². The van der Waals surface area contributed by atoms with E-state index >= 15 is 0 Å². The number of amides is 2. The number of nitrogens with one attached hydrogen (secondary N) is 3. The molecule has 0 radical (unpaired) electrons. The van der Waals surface area contributed by atoms with Gasteiger partial charge in [-0.2, -0.15) is 17.5 Å². The maximum absolute atomic E-state index is 13.0. The number of phenols is 4. The van der Waals surface area contributed by atoms with Gasteiger partial charge in [-0.3, -0.25) is 14.3 Å².